The first-order chi connectivity index (χ1) is 9.42. The van der Waals surface area contributed by atoms with Crippen LogP contribution in [0.3, 0.4) is 0 Å². The summed E-state index contributed by atoms with van der Waals surface area (Å²) in [6.45, 7) is 5.56. The summed E-state index contributed by atoms with van der Waals surface area (Å²) in [5.74, 6) is 5.71. The molecular weight excluding hydrogens is 256 g/mol. The van der Waals surface area contributed by atoms with Crippen LogP contribution >= 0.6 is 0 Å². The second-order valence-corrected chi connectivity index (χ2v) is 4.99. The molecule has 20 heavy (non-hydrogen) atoms. The standard InChI is InChI=1S/C15H18N2O3/c1-15(2,3)20-14(18)16-10-6-9-12-7-4-5-8-13(12)11-17-19/h4-5,7-8,11,19H,10H2,1-3H3,(H,16,18). The Bertz CT molecular complexity index is 548. The Morgan fingerprint density at radius 2 is 2.15 bits per heavy atom. The van der Waals surface area contributed by atoms with E-state index in [1.807, 2.05) is 12.1 Å². The first-order valence-corrected chi connectivity index (χ1v) is 6.14. The Morgan fingerprint density at radius 3 is 2.80 bits per heavy atom. The molecule has 0 fully saturated rings. The largest absolute Gasteiger partial charge is 0.444 e. The number of benzene rings is 1. The Hall–Kier alpha value is -2.48. The van der Waals surface area contributed by atoms with Crippen LogP contribution in [0, 0.1) is 11.8 Å². The zero-order chi connectivity index (χ0) is 15.0. The fourth-order valence-corrected chi connectivity index (χ4v) is 1.36. The van der Waals surface area contributed by atoms with E-state index in [-0.39, 0.29) is 6.54 Å². The summed E-state index contributed by atoms with van der Waals surface area (Å²) >= 11 is 0. The van der Waals surface area contributed by atoms with Crippen LogP contribution in [0.1, 0.15) is 31.9 Å². The van der Waals surface area contributed by atoms with E-state index >= 15 is 0 Å². The molecule has 0 spiro atoms. The third-order valence-electron chi connectivity index (χ3n) is 2.10. The van der Waals surface area contributed by atoms with E-state index in [1.54, 1.807) is 32.9 Å². The minimum atomic E-state index is -0.526. The second kappa shape index (κ2) is 7.19. The van der Waals surface area contributed by atoms with Gasteiger partial charge >= 0.3 is 6.09 Å². The summed E-state index contributed by atoms with van der Waals surface area (Å²) < 4.78 is 5.08. The maximum absolute atomic E-state index is 11.4. The minimum Gasteiger partial charge on any atom is -0.444 e. The van der Waals surface area contributed by atoms with Gasteiger partial charge in [0.05, 0.1) is 12.8 Å². The van der Waals surface area contributed by atoms with Crippen molar-refractivity contribution in [2.45, 2.75) is 26.4 Å². The lowest BCUT2D eigenvalue weighted by atomic mass is 10.1. The lowest BCUT2D eigenvalue weighted by molar-refractivity contribution is 0.0535. The normalized spacial score (nSPS) is 10.8. The number of hydrogen-bond acceptors (Lipinski definition) is 4. The molecule has 0 heterocycles. The molecule has 2 N–H and O–H groups in total. The zero-order valence-corrected chi connectivity index (χ0v) is 11.8. The average Bonchev–Trinajstić information content (AvgIpc) is 2.34. The number of oxime groups is 1. The topological polar surface area (TPSA) is 70.9 Å². The van der Waals surface area contributed by atoms with Crippen molar-refractivity contribution in [1.29, 1.82) is 0 Å². The van der Waals surface area contributed by atoms with Crippen molar-refractivity contribution in [1.82, 2.24) is 5.32 Å². The second-order valence-electron chi connectivity index (χ2n) is 4.99. The van der Waals surface area contributed by atoms with Crippen molar-refractivity contribution in [3.8, 4) is 11.8 Å². The number of rotatable bonds is 2. The average molecular weight is 274 g/mol. The highest BCUT2D eigenvalue weighted by atomic mass is 16.6. The quantitative estimate of drug-likeness (QED) is 0.376. The first kappa shape index (κ1) is 15.6. The predicted octanol–water partition coefficient (Wildman–Crippen LogP) is 2.37. The van der Waals surface area contributed by atoms with Crippen LogP contribution in [-0.4, -0.2) is 29.7 Å². The van der Waals surface area contributed by atoms with Crippen molar-refractivity contribution < 1.29 is 14.7 Å². The van der Waals surface area contributed by atoms with Gasteiger partial charge in [0.15, 0.2) is 0 Å². The molecule has 0 bridgehead atoms. The van der Waals surface area contributed by atoms with Crippen LogP contribution < -0.4 is 5.32 Å². The summed E-state index contributed by atoms with van der Waals surface area (Å²) in [5, 5.41) is 14.1. The first-order valence-electron chi connectivity index (χ1n) is 6.14. The van der Waals surface area contributed by atoms with Crippen LogP contribution in [0.25, 0.3) is 0 Å². The highest BCUT2D eigenvalue weighted by Gasteiger charge is 2.14. The summed E-state index contributed by atoms with van der Waals surface area (Å²) in [6.07, 6.45) is 0.808. The molecule has 0 atom stereocenters. The molecule has 0 unspecified atom stereocenters. The maximum Gasteiger partial charge on any atom is 0.408 e. The number of ether oxygens (including phenoxy) is 1. The Morgan fingerprint density at radius 1 is 1.45 bits per heavy atom. The molecule has 0 aromatic heterocycles. The molecule has 0 saturated heterocycles. The number of hydrogen-bond donors (Lipinski definition) is 2. The molecule has 1 rings (SSSR count). The molecule has 0 aliphatic heterocycles. The van der Waals surface area contributed by atoms with Crippen molar-refractivity contribution in [3.05, 3.63) is 35.4 Å². The molecule has 1 aromatic carbocycles. The van der Waals surface area contributed by atoms with Gasteiger partial charge in [-0.25, -0.2) is 4.79 Å². The van der Waals surface area contributed by atoms with E-state index in [1.165, 1.54) is 6.21 Å². The Kier molecular flexibility index (Phi) is 5.60. The highest BCUT2D eigenvalue weighted by molar-refractivity contribution is 5.83. The number of nitrogens with zero attached hydrogens (tertiary/aromatic N) is 1. The highest BCUT2D eigenvalue weighted by Crippen LogP contribution is 2.06. The van der Waals surface area contributed by atoms with Crippen LogP contribution in [0.2, 0.25) is 0 Å². The van der Waals surface area contributed by atoms with Gasteiger partial charge in [-0.2, -0.15) is 0 Å². The number of carbonyl (C=O) groups is 1. The van der Waals surface area contributed by atoms with Crippen LogP contribution in [0.5, 0.6) is 0 Å². The van der Waals surface area contributed by atoms with Gasteiger partial charge in [-0.15, -0.1) is 0 Å². The van der Waals surface area contributed by atoms with Gasteiger partial charge < -0.3 is 15.3 Å². The van der Waals surface area contributed by atoms with E-state index < -0.39 is 11.7 Å². The van der Waals surface area contributed by atoms with Gasteiger partial charge in [0, 0.05) is 11.1 Å². The van der Waals surface area contributed by atoms with Gasteiger partial charge in [-0.05, 0) is 26.8 Å². The van der Waals surface area contributed by atoms with Gasteiger partial charge in [-0.1, -0.05) is 35.2 Å². The third kappa shape index (κ3) is 5.91. The van der Waals surface area contributed by atoms with Crippen LogP contribution in [0.15, 0.2) is 29.4 Å². The molecular formula is C15H18N2O3. The van der Waals surface area contributed by atoms with E-state index in [4.69, 9.17) is 9.94 Å². The van der Waals surface area contributed by atoms with Gasteiger partial charge in [0.2, 0.25) is 0 Å². The zero-order valence-electron chi connectivity index (χ0n) is 11.8. The van der Waals surface area contributed by atoms with E-state index in [2.05, 4.69) is 22.3 Å². The van der Waals surface area contributed by atoms with E-state index in [0.717, 1.165) is 5.56 Å². The van der Waals surface area contributed by atoms with Crippen LogP contribution in [-0.2, 0) is 4.74 Å². The summed E-state index contributed by atoms with van der Waals surface area (Å²) in [4.78, 5) is 11.4. The summed E-state index contributed by atoms with van der Waals surface area (Å²) in [5.41, 5.74) is 0.901. The summed E-state index contributed by atoms with van der Waals surface area (Å²) in [6, 6.07) is 7.24. The molecule has 0 aliphatic carbocycles. The molecule has 5 nitrogen and oxygen atoms in total. The lowest BCUT2D eigenvalue weighted by Gasteiger charge is -2.19. The Balaban J connectivity index is 2.57. The molecule has 106 valence electrons. The van der Waals surface area contributed by atoms with Crippen molar-refractivity contribution in [2.75, 3.05) is 6.54 Å². The monoisotopic (exact) mass is 274 g/mol. The summed E-state index contributed by atoms with van der Waals surface area (Å²) in [7, 11) is 0. The van der Waals surface area contributed by atoms with Crippen LogP contribution in [0.4, 0.5) is 4.79 Å². The molecule has 1 amide bonds. The third-order valence-corrected chi connectivity index (χ3v) is 2.10. The molecule has 5 heteroatoms. The number of nitrogens with one attached hydrogen (secondary N) is 1. The molecule has 0 aliphatic rings. The minimum absolute atomic E-state index is 0.180. The van der Waals surface area contributed by atoms with Gasteiger partial charge in [0.25, 0.3) is 0 Å². The number of alkyl carbamates (subject to hydrolysis) is 1. The fraction of sp³-hybridized carbons (Fsp3) is 0.333. The number of carbonyl (C=O) groups excluding carboxylic acids is 1. The molecule has 0 saturated carbocycles. The SMILES string of the molecule is CC(C)(C)OC(=O)NCC#Cc1ccccc1C=NO. The van der Waals surface area contributed by atoms with E-state index in [9.17, 15) is 4.79 Å². The van der Waals surface area contributed by atoms with Crippen molar-refractivity contribution in [3.63, 3.8) is 0 Å². The lowest BCUT2D eigenvalue weighted by Crippen LogP contribution is -2.32. The molecule has 0 radical (unpaired) electrons. The predicted molar refractivity (Wildman–Crippen MR) is 76.9 cm³/mol. The molecule has 1 aromatic rings. The number of amides is 1. The van der Waals surface area contributed by atoms with Gasteiger partial charge in [0.1, 0.15) is 5.60 Å². The van der Waals surface area contributed by atoms with Gasteiger partial charge in [-0.3, -0.25) is 0 Å². The van der Waals surface area contributed by atoms with E-state index in [0.29, 0.717) is 5.56 Å². The maximum atomic E-state index is 11.4. The fourth-order valence-electron chi connectivity index (χ4n) is 1.36. The van der Waals surface area contributed by atoms with Crippen molar-refractivity contribution in [2.24, 2.45) is 5.16 Å². The van der Waals surface area contributed by atoms with Crippen molar-refractivity contribution >= 4 is 12.3 Å². The Labute approximate surface area is 118 Å². The smallest absolute Gasteiger partial charge is 0.408 e.